The van der Waals surface area contributed by atoms with Crippen LogP contribution in [-0.2, 0) is 0 Å². The maximum atomic E-state index is 8.94. The summed E-state index contributed by atoms with van der Waals surface area (Å²) in [6.07, 6.45) is -0.283. The van der Waals surface area contributed by atoms with Crippen molar-refractivity contribution in [2.75, 3.05) is 0 Å². The molecule has 0 aliphatic heterocycles. The Bertz CT molecular complexity index is 241. The molecule has 0 saturated heterocycles. The van der Waals surface area contributed by atoms with Gasteiger partial charge in [-0.1, -0.05) is 6.07 Å². The molecule has 1 heterocycles. The van der Waals surface area contributed by atoms with Crippen molar-refractivity contribution < 1.29 is 10.2 Å². The molecular weight excluding hydrogens is 162 g/mol. The van der Waals surface area contributed by atoms with Crippen molar-refractivity contribution in [3.05, 3.63) is 28.7 Å². The molecule has 4 N–H and O–H groups in total. The lowest BCUT2D eigenvalue weighted by Gasteiger charge is -2.05. The fraction of sp³-hybridized carbons (Fsp3) is 0.143. The van der Waals surface area contributed by atoms with Crippen molar-refractivity contribution in [3.63, 3.8) is 0 Å². The lowest BCUT2D eigenvalue weighted by atomic mass is 10.2. The Morgan fingerprint density at radius 3 is 2.82 bits per heavy atom. The van der Waals surface area contributed by atoms with Gasteiger partial charge >= 0.3 is 0 Å². The van der Waals surface area contributed by atoms with Crippen LogP contribution >= 0.6 is 11.3 Å². The van der Waals surface area contributed by atoms with Crippen molar-refractivity contribution in [2.45, 2.75) is 6.23 Å². The van der Waals surface area contributed by atoms with Gasteiger partial charge in [-0.05, 0) is 11.4 Å². The second-order valence-electron chi connectivity index (χ2n) is 2.01. The van der Waals surface area contributed by atoms with E-state index in [2.05, 4.69) is 0 Å². The molecular formula is C7H9NO2S. The quantitative estimate of drug-likeness (QED) is 0.458. The SMILES string of the molecule is N[C@H](O)/C(=C\O)c1cccs1. The zero-order valence-electron chi connectivity index (χ0n) is 5.77. The van der Waals surface area contributed by atoms with Gasteiger partial charge in [0.2, 0.25) is 0 Å². The van der Waals surface area contributed by atoms with Crippen LogP contribution in [0.25, 0.3) is 5.57 Å². The molecule has 1 rings (SSSR count). The normalized spacial score (nSPS) is 14.9. The van der Waals surface area contributed by atoms with E-state index in [-0.39, 0.29) is 0 Å². The highest BCUT2D eigenvalue weighted by atomic mass is 32.1. The number of hydrogen-bond acceptors (Lipinski definition) is 4. The highest BCUT2D eigenvalue weighted by Gasteiger charge is 2.08. The van der Waals surface area contributed by atoms with Gasteiger partial charge in [0.15, 0.2) is 0 Å². The first kappa shape index (κ1) is 8.26. The van der Waals surface area contributed by atoms with E-state index in [0.29, 0.717) is 5.57 Å². The third-order valence-corrected chi connectivity index (χ3v) is 2.18. The molecule has 0 aromatic carbocycles. The summed E-state index contributed by atoms with van der Waals surface area (Å²) in [5.74, 6) is 0. The number of nitrogens with two attached hydrogens (primary N) is 1. The van der Waals surface area contributed by atoms with Crippen LogP contribution in [0.4, 0.5) is 0 Å². The molecule has 0 bridgehead atoms. The molecule has 0 unspecified atom stereocenters. The van der Waals surface area contributed by atoms with Gasteiger partial charge in [-0.25, -0.2) is 0 Å². The van der Waals surface area contributed by atoms with E-state index >= 15 is 0 Å². The minimum Gasteiger partial charge on any atom is -0.515 e. The topological polar surface area (TPSA) is 66.5 Å². The molecule has 1 aromatic rings. The molecule has 0 fully saturated rings. The Morgan fingerprint density at radius 1 is 1.73 bits per heavy atom. The number of aliphatic hydroxyl groups is 2. The summed E-state index contributed by atoms with van der Waals surface area (Å²) in [6, 6.07) is 3.61. The van der Waals surface area contributed by atoms with E-state index in [1.54, 1.807) is 6.07 Å². The minimum absolute atomic E-state index is 0.347. The van der Waals surface area contributed by atoms with Gasteiger partial charge in [0, 0.05) is 10.5 Å². The monoisotopic (exact) mass is 171 g/mol. The van der Waals surface area contributed by atoms with Gasteiger partial charge in [0.1, 0.15) is 6.23 Å². The maximum Gasteiger partial charge on any atom is 0.132 e. The molecule has 0 aliphatic carbocycles. The van der Waals surface area contributed by atoms with Gasteiger partial charge < -0.3 is 15.9 Å². The van der Waals surface area contributed by atoms with E-state index in [4.69, 9.17) is 15.9 Å². The zero-order valence-corrected chi connectivity index (χ0v) is 6.58. The van der Waals surface area contributed by atoms with Gasteiger partial charge in [0.25, 0.3) is 0 Å². The van der Waals surface area contributed by atoms with Crippen molar-refractivity contribution >= 4 is 16.9 Å². The first-order chi connectivity index (χ1) is 5.25. The summed E-state index contributed by atoms with van der Waals surface area (Å²) >= 11 is 1.42. The van der Waals surface area contributed by atoms with Gasteiger partial charge in [-0.3, -0.25) is 0 Å². The summed E-state index contributed by atoms with van der Waals surface area (Å²) in [7, 11) is 0. The molecule has 0 aliphatic rings. The minimum atomic E-state index is -1.11. The average Bonchev–Trinajstić information content (AvgIpc) is 2.40. The van der Waals surface area contributed by atoms with Gasteiger partial charge in [-0.2, -0.15) is 0 Å². The molecule has 3 nitrogen and oxygen atoms in total. The summed E-state index contributed by atoms with van der Waals surface area (Å²) in [6.45, 7) is 0. The fourth-order valence-corrected chi connectivity index (χ4v) is 1.50. The number of aliphatic hydroxyl groups excluding tert-OH is 2. The summed E-state index contributed by atoms with van der Waals surface area (Å²) in [4.78, 5) is 0.780. The van der Waals surface area contributed by atoms with Crippen LogP contribution < -0.4 is 5.73 Å². The molecule has 0 saturated carbocycles. The Hall–Kier alpha value is -0.840. The van der Waals surface area contributed by atoms with Gasteiger partial charge in [-0.15, -0.1) is 11.3 Å². The zero-order chi connectivity index (χ0) is 8.27. The van der Waals surface area contributed by atoms with Crippen LogP contribution in [0.1, 0.15) is 4.88 Å². The Labute approximate surface area is 68.4 Å². The summed E-state index contributed by atoms with van der Waals surface area (Å²) in [5, 5.41) is 19.5. The molecule has 0 spiro atoms. The first-order valence-corrected chi connectivity index (χ1v) is 3.95. The molecule has 11 heavy (non-hydrogen) atoms. The lowest BCUT2D eigenvalue weighted by molar-refractivity contribution is 0.238. The van der Waals surface area contributed by atoms with Crippen LogP contribution in [0.3, 0.4) is 0 Å². The lowest BCUT2D eigenvalue weighted by Crippen LogP contribution is -2.20. The van der Waals surface area contributed by atoms with Crippen LogP contribution in [0.15, 0.2) is 23.8 Å². The van der Waals surface area contributed by atoms with Gasteiger partial charge in [0.05, 0.1) is 6.26 Å². The van der Waals surface area contributed by atoms with Crippen molar-refractivity contribution in [1.82, 2.24) is 0 Å². The largest absolute Gasteiger partial charge is 0.515 e. The van der Waals surface area contributed by atoms with Crippen LogP contribution in [0.5, 0.6) is 0 Å². The summed E-state index contributed by atoms with van der Waals surface area (Å²) < 4.78 is 0. The van der Waals surface area contributed by atoms with Crippen molar-refractivity contribution in [3.8, 4) is 0 Å². The molecule has 4 heteroatoms. The van der Waals surface area contributed by atoms with Crippen LogP contribution in [-0.4, -0.2) is 16.4 Å². The Morgan fingerprint density at radius 2 is 2.45 bits per heavy atom. The highest BCUT2D eigenvalue weighted by molar-refractivity contribution is 7.11. The average molecular weight is 171 g/mol. The van der Waals surface area contributed by atoms with E-state index in [1.807, 2.05) is 11.4 Å². The molecule has 1 atom stereocenters. The third-order valence-electron chi connectivity index (χ3n) is 1.26. The molecule has 60 valence electrons. The second-order valence-corrected chi connectivity index (χ2v) is 2.95. The van der Waals surface area contributed by atoms with E-state index in [0.717, 1.165) is 11.1 Å². The standard InChI is InChI=1S/C7H9NO2S/c8-7(10)5(4-9)6-2-1-3-11-6/h1-4,7,9-10H,8H2/b5-4-/t7-/m1/s1. The number of rotatable bonds is 2. The van der Waals surface area contributed by atoms with E-state index in [9.17, 15) is 0 Å². The van der Waals surface area contributed by atoms with Crippen LogP contribution in [0.2, 0.25) is 0 Å². The molecule has 0 radical (unpaired) electrons. The van der Waals surface area contributed by atoms with Crippen molar-refractivity contribution in [1.29, 1.82) is 0 Å². The van der Waals surface area contributed by atoms with E-state index in [1.165, 1.54) is 11.3 Å². The number of thiophene rings is 1. The smallest absolute Gasteiger partial charge is 0.132 e. The van der Waals surface area contributed by atoms with E-state index < -0.39 is 6.23 Å². The first-order valence-electron chi connectivity index (χ1n) is 3.07. The predicted molar refractivity (Wildman–Crippen MR) is 45.1 cm³/mol. The highest BCUT2D eigenvalue weighted by Crippen LogP contribution is 2.20. The second kappa shape index (κ2) is 3.52. The predicted octanol–water partition coefficient (Wildman–Crippen LogP) is 0.924. The molecule has 1 aromatic heterocycles. The number of hydrogen-bond donors (Lipinski definition) is 3. The fourth-order valence-electron chi connectivity index (χ4n) is 0.729. The Kier molecular flexibility index (Phi) is 2.64. The van der Waals surface area contributed by atoms with Crippen LogP contribution in [0, 0.1) is 0 Å². The summed E-state index contributed by atoms with van der Waals surface area (Å²) in [5.41, 5.74) is 5.52. The Balaban J connectivity index is 2.90. The maximum absolute atomic E-state index is 8.94. The third kappa shape index (κ3) is 1.80. The van der Waals surface area contributed by atoms with Crippen molar-refractivity contribution in [2.24, 2.45) is 5.73 Å². The molecule has 0 amide bonds.